The van der Waals surface area contributed by atoms with Crippen LogP contribution in [0.4, 0.5) is 0 Å². The maximum atomic E-state index is 12.4. The molecule has 1 N–H and O–H groups in total. The van der Waals surface area contributed by atoms with E-state index in [9.17, 15) is 9.59 Å². The molecule has 0 spiro atoms. The van der Waals surface area contributed by atoms with Crippen LogP contribution in [0.15, 0.2) is 18.3 Å². The Morgan fingerprint density at radius 3 is 3.05 bits per heavy atom. The minimum absolute atomic E-state index is 0.0169. The molecule has 1 aliphatic heterocycles. The molecule has 0 saturated carbocycles. The van der Waals surface area contributed by atoms with E-state index in [1.807, 2.05) is 0 Å². The van der Waals surface area contributed by atoms with E-state index in [1.165, 1.54) is 7.11 Å². The fourth-order valence-corrected chi connectivity index (χ4v) is 2.43. The lowest BCUT2D eigenvalue weighted by Gasteiger charge is -2.17. The monoisotopic (exact) mass is 277 g/mol. The van der Waals surface area contributed by atoms with E-state index in [1.54, 1.807) is 30.3 Å². The van der Waals surface area contributed by atoms with Crippen LogP contribution in [0, 0.1) is 5.92 Å². The fourth-order valence-electron chi connectivity index (χ4n) is 2.43. The number of amides is 2. The van der Waals surface area contributed by atoms with Crippen molar-refractivity contribution in [3.8, 4) is 5.88 Å². The van der Waals surface area contributed by atoms with Crippen LogP contribution in [0.1, 0.15) is 23.2 Å². The van der Waals surface area contributed by atoms with E-state index in [2.05, 4.69) is 10.3 Å². The number of pyridine rings is 1. The maximum absolute atomic E-state index is 12.4. The van der Waals surface area contributed by atoms with Crippen LogP contribution in [0.3, 0.4) is 0 Å². The second-order valence-electron chi connectivity index (χ2n) is 4.84. The molecule has 6 nitrogen and oxygen atoms in total. The molecule has 1 fully saturated rings. The van der Waals surface area contributed by atoms with Gasteiger partial charge in [-0.25, -0.2) is 4.98 Å². The van der Waals surface area contributed by atoms with Crippen molar-refractivity contribution in [2.45, 2.75) is 12.8 Å². The molecule has 108 valence electrons. The first-order chi connectivity index (χ1) is 9.65. The summed E-state index contributed by atoms with van der Waals surface area (Å²) in [5, 5.41) is 2.61. The molecule has 20 heavy (non-hydrogen) atoms. The molecule has 0 bridgehead atoms. The number of likely N-dealkylation sites (tertiary alicyclic amines) is 1. The largest absolute Gasteiger partial charge is 0.480 e. The number of carbonyl (C=O) groups excluding carboxylic acids is 2. The van der Waals surface area contributed by atoms with Gasteiger partial charge in [-0.1, -0.05) is 0 Å². The molecule has 2 amide bonds. The van der Waals surface area contributed by atoms with Crippen molar-refractivity contribution < 1.29 is 14.3 Å². The smallest absolute Gasteiger partial charge is 0.259 e. The summed E-state index contributed by atoms with van der Waals surface area (Å²) < 4.78 is 5.11. The van der Waals surface area contributed by atoms with Crippen molar-refractivity contribution in [3.63, 3.8) is 0 Å². The normalized spacial score (nSPS) is 17.9. The SMILES string of the molecule is CNC(=O)C[C@@H]1CCN(C(=O)c2cccnc2OC)C1. The summed E-state index contributed by atoms with van der Waals surface area (Å²) in [7, 11) is 3.12. The molecule has 2 rings (SSSR count). The van der Waals surface area contributed by atoms with Crippen LogP contribution < -0.4 is 10.1 Å². The molecule has 6 heteroatoms. The Balaban J connectivity index is 2.02. The molecule has 1 aromatic heterocycles. The fraction of sp³-hybridized carbons (Fsp3) is 0.500. The lowest BCUT2D eigenvalue weighted by Crippen LogP contribution is -2.30. The molecule has 1 aliphatic rings. The van der Waals surface area contributed by atoms with E-state index >= 15 is 0 Å². The molecular formula is C14H19N3O3. The average molecular weight is 277 g/mol. The molecule has 0 unspecified atom stereocenters. The third kappa shape index (κ3) is 3.07. The average Bonchev–Trinajstić information content (AvgIpc) is 2.94. The number of nitrogens with one attached hydrogen (secondary N) is 1. The van der Waals surface area contributed by atoms with Crippen LogP contribution in [0.25, 0.3) is 0 Å². The van der Waals surface area contributed by atoms with Crippen molar-refractivity contribution in [1.29, 1.82) is 0 Å². The van der Waals surface area contributed by atoms with Gasteiger partial charge in [0.2, 0.25) is 11.8 Å². The highest BCUT2D eigenvalue weighted by Crippen LogP contribution is 2.24. The Bertz CT molecular complexity index is 504. The summed E-state index contributed by atoms with van der Waals surface area (Å²) in [6.07, 6.45) is 2.90. The number of hydrogen-bond acceptors (Lipinski definition) is 4. The van der Waals surface area contributed by atoms with Gasteiger partial charge in [0.25, 0.3) is 5.91 Å². The Morgan fingerprint density at radius 1 is 1.55 bits per heavy atom. The molecule has 1 atom stereocenters. The minimum atomic E-state index is -0.0886. The molecule has 0 aliphatic carbocycles. The number of hydrogen-bond donors (Lipinski definition) is 1. The van der Waals surface area contributed by atoms with Crippen LogP contribution in [-0.4, -0.2) is 48.9 Å². The highest BCUT2D eigenvalue weighted by molar-refractivity contribution is 5.96. The van der Waals surface area contributed by atoms with Gasteiger partial charge in [-0.05, 0) is 24.5 Å². The van der Waals surface area contributed by atoms with E-state index in [0.29, 0.717) is 31.0 Å². The molecule has 0 radical (unpaired) electrons. The third-order valence-electron chi connectivity index (χ3n) is 3.52. The highest BCUT2D eigenvalue weighted by atomic mass is 16.5. The molecular weight excluding hydrogens is 258 g/mol. The number of rotatable bonds is 4. The number of methoxy groups -OCH3 is 1. The highest BCUT2D eigenvalue weighted by Gasteiger charge is 2.29. The van der Waals surface area contributed by atoms with Crippen molar-refractivity contribution >= 4 is 11.8 Å². The van der Waals surface area contributed by atoms with Gasteiger partial charge in [0, 0.05) is 32.8 Å². The van der Waals surface area contributed by atoms with Gasteiger partial charge in [0.15, 0.2) is 0 Å². The predicted octanol–water partition coefficient (Wildman–Crippen LogP) is 0.688. The van der Waals surface area contributed by atoms with Crippen LogP contribution in [-0.2, 0) is 4.79 Å². The van der Waals surface area contributed by atoms with Crippen molar-refractivity contribution in [1.82, 2.24) is 15.2 Å². The van der Waals surface area contributed by atoms with Crippen LogP contribution in [0.2, 0.25) is 0 Å². The molecule has 1 aromatic rings. The van der Waals surface area contributed by atoms with E-state index < -0.39 is 0 Å². The lowest BCUT2D eigenvalue weighted by atomic mass is 10.0. The van der Waals surface area contributed by atoms with Crippen LogP contribution in [0.5, 0.6) is 5.88 Å². The summed E-state index contributed by atoms with van der Waals surface area (Å²) in [6.45, 7) is 1.27. The Labute approximate surface area is 118 Å². The van der Waals surface area contributed by atoms with Gasteiger partial charge in [0.1, 0.15) is 5.56 Å². The number of aromatic nitrogens is 1. The van der Waals surface area contributed by atoms with Crippen molar-refractivity contribution in [2.24, 2.45) is 5.92 Å². The van der Waals surface area contributed by atoms with Gasteiger partial charge in [-0.2, -0.15) is 0 Å². The van der Waals surface area contributed by atoms with Gasteiger partial charge < -0.3 is 15.0 Å². The minimum Gasteiger partial charge on any atom is -0.480 e. The van der Waals surface area contributed by atoms with Gasteiger partial charge in [-0.3, -0.25) is 9.59 Å². The lowest BCUT2D eigenvalue weighted by molar-refractivity contribution is -0.121. The summed E-state index contributed by atoms with van der Waals surface area (Å²) in [5.41, 5.74) is 0.468. The number of ether oxygens (including phenoxy) is 1. The molecule has 0 aromatic carbocycles. The molecule has 2 heterocycles. The zero-order valence-electron chi connectivity index (χ0n) is 11.8. The summed E-state index contributed by atoms with van der Waals surface area (Å²) in [6, 6.07) is 3.42. The number of carbonyl (C=O) groups is 2. The Morgan fingerprint density at radius 2 is 2.35 bits per heavy atom. The van der Waals surface area contributed by atoms with E-state index in [-0.39, 0.29) is 17.7 Å². The Kier molecular flexibility index (Phi) is 4.55. The summed E-state index contributed by atoms with van der Waals surface area (Å²) >= 11 is 0. The standard InChI is InChI=1S/C14H19N3O3/c1-15-12(18)8-10-5-7-17(9-10)14(19)11-4-3-6-16-13(11)20-2/h3-4,6,10H,5,7-9H2,1-2H3,(H,15,18)/t10-/m0/s1. The zero-order chi connectivity index (χ0) is 14.5. The van der Waals surface area contributed by atoms with Gasteiger partial charge >= 0.3 is 0 Å². The van der Waals surface area contributed by atoms with Crippen molar-refractivity contribution in [3.05, 3.63) is 23.9 Å². The topological polar surface area (TPSA) is 71.5 Å². The van der Waals surface area contributed by atoms with Gasteiger partial charge in [-0.15, -0.1) is 0 Å². The van der Waals surface area contributed by atoms with Crippen molar-refractivity contribution in [2.75, 3.05) is 27.2 Å². The number of nitrogens with zero attached hydrogens (tertiary/aromatic N) is 2. The third-order valence-corrected chi connectivity index (χ3v) is 3.52. The summed E-state index contributed by atoms with van der Waals surface area (Å²) in [5.74, 6) is 0.492. The quantitative estimate of drug-likeness (QED) is 0.879. The second kappa shape index (κ2) is 6.36. The first kappa shape index (κ1) is 14.3. The second-order valence-corrected chi connectivity index (χ2v) is 4.84. The summed E-state index contributed by atoms with van der Waals surface area (Å²) in [4.78, 5) is 29.6. The van der Waals surface area contributed by atoms with Crippen LogP contribution >= 0.6 is 0 Å². The van der Waals surface area contributed by atoms with Gasteiger partial charge in [0.05, 0.1) is 7.11 Å². The van der Waals surface area contributed by atoms with E-state index in [4.69, 9.17) is 4.74 Å². The predicted molar refractivity (Wildman–Crippen MR) is 73.5 cm³/mol. The van der Waals surface area contributed by atoms with E-state index in [0.717, 1.165) is 6.42 Å². The Hall–Kier alpha value is -2.11. The first-order valence-corrected chi connectivity index (χ1v) is 6.64. The zero-order valence-corrected chi connectivity index (χ0v) is 11.8. The maximum Gasteiger partial charge on any atom is 0.259 e. The molecule has 1 saturated heterocycles. The first-order valence-electron chi connectivity index (χ1n) is 6.64.